The standard InChI is InChI=1S/C21H11NO5S/c23-12-5-7-16-18(9-12)25-19-10-13(27-22-11-28)6-8-17(19)21(16)15-4-2-1-3-14(15)20(24)26-21/h1-10,23H. The number of isothiocyanates is 1. The lowest BCUT2D eigenvalue weighted by Crippen LogP contribution is -2.32. The summed E-state index contributed by atoms with van der Waals surface area (Å²) in [6.07, 6.45) is 0. The van der Waals surface area contributed by atoms with Gasteiger partial charge in [0.1, 0.15) is 22.4 Å². The number of hydrogen-bond acceptors (Lipinski definition) is 7. The number of benzene rings is 3. The molecule has 0 radical (unpaired) electrons. The van der Waals surface area contributed by atoms with Crippen molar-refractivity contribution in [2.24, 2.45) is 5.16 Å². The van der Waals surface area contributed by atoms with Gasteiger partial charge in [0, 0.05) is 28.8 Å². The van der Waals surface area contributed by atoms with Crippen molar-refractivity contribution in [3.8, 4) is 23.0 Å². The van der Waals surface area contributed by atoms with Crippen molar-refractivity contribution in [1.29, 1.82) is 0 Å². The minimum absolute atomic E-state index is 0.0349. The number of nitrogens with zero attached hydrogens (tertiary/aromatic N) is 1. The lowest BCUT2D eigenvalue weighted by Gasteiger charge is -2.36. The first-order valence-corrected chi connectivity index (χ1v) is 8.77. The fourth-order valence-corrected chi connectivity index (χ4v) is 3.81. The average Bonchev–Trinajstić information content (AvgIpc) is 2.99. The van der Waals surface area contributed by atoms with Gasteiger partial charge in [0.05, 0.1) is 5.56 Å². The largest absolute Gasteiger partial charge is 0.508 e. The average molecular weight is 389 g/mol. The van der Waals surface area contributed by atoms with Gasteiger partial charge in [0.2, 0.25) is 0 Å². The first-order chi connectivity index (χ1) is 13.6. The number of carbonyl (C=O) groups is 1. The molecule has 1 spiro atoms. The molecule has 0 aliphatic carbocycles. The molecular weight excluding hydrogens is 378 g/mol. The van der Waals surface area contributed by atoms with Gasteiger partial charge in [-0.05, 0) is 47.7 Å². The number of esters is 1. The lowest BCUT2D eigenvalue weighted by atomic mass is 9.77. The van der Waals surface area contributed by atoms with Crippen LogP contribution in [-0.4, -0.2) is 16.2 Å². The monoisotopic (exact) mass is 389 g/mol. The summed E-state index contributed by atoms with van der Waals surface area (Å²) in [7, 11) is 0. The van der Waals surface area contributed by atoms with Crippen LogP contribution in [0, 0.1) is 0 Å². The molecule has 2 aliphatic rings. The van der Waals surface area contributed by atoms with Crippen molar-refractivity contribution < 1.29 is 24.2 Å². The van der Waals surface area contributed by atoms with Gasteiger partial charge >= 0.3 is 5.97 Å². The van der Waals surface area contributed by atoms with E-state index in [0.29, 0.717) is 39.5 Å². The molecule has 0 saturated carbocycles. The summed E-state index contributed by atoms with van der Waals surface area (Å²) in [6.45, 7) is 0. The third-order valence-electron chi connectivity index (χ3n) is 4.86. The molecule has 0 fully saturated rings. The molecule has 1 N–H and O–H groups in total. The molecule has 1 unspecified atom stereocenters. The highest BCUT2D eigenvalue weighted by molar-refractivity contribution is 7.78. The maximum Gasteiger partial charge on any atom is 0.340 e. The van der Waals surface area contributed by atoms with Gasteiger partial charge in [-0.1, -0.05) is 18.2 Å². The number of phenols is 1. The van der Waals surface area contributed by atoms with Crippen molar-refractivity contribution in [3.63, 3.8) is 0 Å². The van der Waals surface area contributed by atoms with Crippen LogP contribution in [0.2, 0.25) is 0 Å². The molecule has 0 saturated heterocycles. The molecule has 6 nitrogen and oxygen atoms in total. The third-order valence-corrected chi connectivity index (χ3v) is 4.93. The van der Waals surface area contributed by atoms with Crippen molar-refractivity contribution in [2.45, 2.75) is 5.60 Å². The van der Waals surface area contributed by atoms with Crippen LogP contribution < -0.4 is 9.57 Å². The molecule has 3 aromatic rings. The van der Waals surface area contributed by atoms with Crippen LogP contribution in [0.15, 0.2) is 65.8 Å². The topological polar surface area (TPSA) is 77.4 Å². The van der Waals surface area contributed by atoms with E-state index in [1.807, 2.05) is 12.1 Å². The van der Waals surface area contributed by atoms with Gasteiger partial charge in [0.25, 0.3) is 0 Å². The number of hydrogen-bond donors (Lipinski definition) is 1. The molecule has 7 heteroatoms. The molecular formula is C21H11NO5S. The van der Waals surface area contributed by atoms with Gasteiger partial charge in [-0.15, -0.1) is 0 Å². The molecule has 5 rings (SSSR count). The van der Waals surface area contributed by atoms with Gasteiger partial charge in [-0.3, -0.25) is 0 Å². The number of rotatable bonds is 2. The molecule has 1 atom stereocenters. The van der Waals surface area contributed by atoms with Crippen LogP contribution in [-0.2, 0) is 10.3 Å². The summed E-state index contributed by atoms with van der Waals surface area (Å²) in [5.74, 6) is 0.792. The molecule has 0 amide bonds. The number of carbonyl (C=O) groups excluding carboxylic acids is 1. The molecule has 2 aliphatic heterocycles. The first-order valence-electron chi connectivity index (χ1n) is 8.36. The highest BCUT2D eigenvalue weighted by atomic mass is 32.1. The van der Waals surface area contributed by atoms with E-state index in [0.717, 1.165) is 0 Å². The zero-order valence-electron chi connectivity index (χ0n) is 14.2. The predicted octanol–water partition coefficient (Wildman–Crippen LogP) is 4.36. The summed E-state index contributed by atoms with van der Waals surface area (Å²) in [5.41, 5.74) is 1.28. The Balaban J connectivity index is 1.81. The summed E-state index contributed by atoms with van der Waals surface area (Å²) >= 11 is 4.52. The summed E-state index contributed by atoms with van der Waals surface area (Å²) in [4.78, 5) is 17.8. The van der Waals surface area contributed by atoms with Gasteiger partial charge < -0.3 is 19.4 Å². The normalized spacial score (nSPS) is 18.2. The Kier molecular flexibility index (Phi) is 3.49. The predicted molar refractivity (Wildman–Crippen MR) is 102 cm³/mol. The summed E-state index contributed by atoms with van der Waals surface area (Å²) < 4.78 is 12.0. The highest BCUT2D eigenvalue weighted by Gasteiger charge is 2.53. The zero-order chi connectivity index (χ0) is 19.3. The maximum absolute atomic E-state index is 12.7. The number of fused-ring (bicyclic) bond motifs is 6. The van der Waals surface area contributed by atoms with Gasteiger partial charge in [0.15, 0.2) is 11.4 Å². The minimum Gasteiger partial charge on any atom is -0.508 e. The molecule has 28 heavy (non-hydrogen) atoms. The number of thiocarbonyl (C=S) groups is 1. The van der Waals surface area contributed by atoms with Crippen molar-refractivity contribution in [1.82, 2.24) is 0 Å². The minimum atomic E-state index is -1.18. The molecule has 0 bridgehead atoms. The van der Waals surface area contributed by atoms with Gasteiger partial charge in [-0.25, -0.2) is 4.79 Å². The van der Waals surface area contributed by atoms with Crippen LogP contribution in [0.1, 0.15) is 27.0 Å². The van der Waals surface area contributed by atoms with Crippen LogP contribution in [0.3, 0.4) is 0 Å². The second-order valence-electron chi connectivity index (χ2n) is 6.33. The Morgan fingerprint density at radius 2 is 1.75 bits per heavy atom. The Hall–Kier alpha value is -3.67. The van der Waals surface area contributed by atoms with E-state index in [1.165, 1.54) is 12.1 Å². The lowest BCUT2D eigenvalue weighted by molar-refractivity contribution is 0.0224. The van der Waals surface area contributed by atoms with E-state index in [1.54, 1.807) is 36.4 Å². The summed E-state index contributed by atoms with van der Waals surface area (Å²) in [5, 5.41) is 15.5. The molecule has 136 valence electrons. The second kappa shape index (κ2) is 5.92. The van der Waals surface area contributed by atoms with Crippen molar-refractivity contribution >= 4 is 23.3 Å². The molecule has 0 aromatic heterocycles. The van der Waals surface area contributed by atoms with E-state index >= 15 is 0 Å². The number of phenolic OH excluding ortho intramolecular Hbond substituents is 1. The maximum atomic E-state index is 12.7. The molecule has 2 heterocycles. The smallest absolute Gasteiger partial charge is 0.340 e. The Bertz CT molecular complexity index is 1200. The van der Waals surface area contributed by atoms with Crippen molar-refractivity contribution in [3.05, 3.63) is 82.9 Å². The number of aromatic hydroxyl groups is 1. The van der Waals surface area contributed by atoms with Crippen LogP contribution >= 0.6 is 12.2 Å². The van der Waals surface area contributed by atoms with E-state index in [9.17, 15) is 9.90 Å². The fourth-order valence-electron chi connectivity index (χ4n) is 3.77. The van der Waals surface area contributed by atoms with E-state index in [4.69, 9.17) is 14.3 Å². The highest BCUT2D eigenvalue weighted by Crippen LogP contribution is 2.56. The Morgan fingerprint density at radius 1 is 1.00 bits per heavy atom. The number of ether oxygens (including phenoxy) is 2. The van der Waals surface area contributed by atoms with E-state index in [-0.39, 0.29) is 5.75 Å². The fraction of sp³-hybridized carbons (Fsp3) is 0.0476. The van der Waals surface area contributed by atoms with Crippen LogP contribution in [0.4, 0.5) is 0 Å². The third kappa shape index (κ3) is 2.18. The quantitative estimate of drug-likeness (QED) is 0.304. The van der Waals surface area contributed by atoms with Gasteiger partial charge in [-0.2, -0.15) is 0 Å². The van der Waals surface area contributed by atoms with E-state index in [2.05, 4.69) is 22.5 Å². The van der Waals surface area contributed by atoms with Crippen LogP contribution in [0.25, 0.3) is 0 Å². The second-order valence-corrected chi connectivity index (χ2v) is 6.51. The SMILES string of the molecule is O=C1OC2(c3ccc(O)cc3Oc3cc(ON=C=S)ccc32)c2ccccc21. The Labute approximate surface area is 164 Å². The zero-order valence-corrected chi connectivity index (χ0v) is 15.0. The van der Waals surface area contributed by atoms with Crippen LogP contribution in [0.5, 0.6) is 23.0 Å². The first kappa shape index (κ1) is 16.5. The summed E-state index contributed by atoms with van der Waals surface area (Å²) in [6, 6.07) is 17.0. The van der Waals surface area contributed by atoms with Crippen molar-refractivity contribution in [2.75, 3.05) is 0 Å². The van der Waals surface area contributed by atoms with E-state index < -0.39 is 11.6 Å². The molecule has 3 aromatic carbocycles. The Morgan fingerprint density at radius 3 is 2.57 bits per heavy atom.